The smallest absolute Gasteiger partial charge is 0.0754 e. The predicted molar refractivity (Wildman–Crippen MR) is 117 cm³/mol. The molecule has 0 aliphatic carbocycles. The van der Waals surface area contributed by atoms with Gasteiger partial charge in [0, 0.05) is 36.5 Å². The number of ether oxygens (including phenoxy) is 1. The first-order valence-corrected chi connectivity index (χ1v) is 10.7. The third-order valence-electron chi connectivity index (χ3n) is 5.92. The quantitative estimate of drug-likeness (QED) is 0.636. The van der Waals surface area contributed by atoms with Crippen LogP contribution in [0.2, 0.25) is 0 Å². The number of pyridine rings is 2. The second-order valence-corrected chi connectivity index (χ2v) is 8.37. The maximum absolute atomic E-state index is 5.47. The van der Waals surface area contributed by atoms with Crippen molar-refractivity contribution in [1.82, 2.24) is 9.97 Å². The summed E-state index contributed by atoms with van der Waals surface area (Å²) in [5.41, 5.74) is 8.29. The van der Waals surface area contributed by atoms with E-state index in [0.29, 0.717) is 17.9 Å². The molecule has 0 N–H and O–H groups in total. The van der Waals surface area contributed by atoms with Gasteiger partial charge in [0.1, 0.15) is 0 Å². The Bertz CT molecular complexity index is 831. The zero-order valence-electron chi connectivity index (χ0n) is 18.5. The second kappa shape index (κ2) is 8.60. The van der Waals surface area contributed by atoms with Crippen LogP contribution in [0.1, 0.15) is 75.5 Å². The Morgan fingerprint density at radius 2 is 1.96 bits per heavy atom. The SMILES string of the molecule is CCc1nc(C(C)C)ccc1-c1nc2c(cc1C)N([C@@H](CC)COC)CC2C. The first kappa shape index (κ1) is 20.8. The third kappa shape index (κ3) is 3.80. The molecule has 0 fully saturated rings. The minimum absolute atomic E-state index is 0.402. The van der Waals surface area contributed by atoms with Gasteiger partial charge in [-0.2, -0.15) is 0 Å². The van der Waals surface area contributed by atoms with Crippen molar-refractivity contribution in [2.45, 2.75) is 72.3 Å². The van der Waals surface area contributed by atoms with Crippen LogP contribution in [0, 0.1) is 6.92 Å². The van der Waals surface area contributed by atoms with E-state index in [2.05, 4.69) is 64.6 Å². The van der Waals surface area contributed by atoms with E-state index in [0.717, 1.165) is 43.1 Å². The highest BCUT2D eigenvalue weighted by molar-refractivity contribution is 5.71. The lowest BCUT2D eigenvalue weighted by atomic mass is 9.99. The van der Waals surface area contributed by atoms with Crippen LogP contribution in [-0.2, 0) is 11.2 Å². The molecule has 0 aromatic carbocycles. The lowest BCUT2D eigenvalue weighted by Crippen LogP contribution is -2.37. The van der Waals surface area contributed by atoms with Gasteiger partial charge in [-0.1, -0.05) is 34.6 Å². The van der Waals surface area contributed by atoms with Gasteiger partial charge >= 0.3 is 0 Å². The average Bonchev–Trinajstić information content (AvgIpc) is 3.00. The van der Waals surface area contributed by atoms with Crippen LogP contribution < -0.4 is 4.90 Å². The summed E-state index contributed by atoms with van der Waals surface area (Å²) in [7, 11) is 1.79. The number of anilines is 1. The third-order valence-corrected chi connectivity index (χ3v) is 5.92. The average molecular weight is 382 g/mol. The highest BCUT2D eigenvalue weighted by Gasteiger charge is 2.32. The first-order chi connectivity index (χ1) is 13.4. The molecule has 2 aromatic heterocycles. The molecule has 0 saturated carbocycles. The lowest BCUT2D eigenvalue weighted by Gasteiger charge is -2.29. The van der Waals surface area contributed by atoms with E-state index in [-0.39, 0.29) is 0 Å². The van der Waals surface area contributed by atoms with Crippen LogP contribution in [0.5, 0.6) is 0 Å². The number of hydrogen-bond donors (Lipinski definition) is 0. The molecule has 0 spiro atoms. The van der Waals surface area contributed by atoms with E-state index in [4.69, 9.17) is 14.7 Å². The van der Waals surface area contributed by atoms with Gasteiger partial charge in [0.25, 0.3) is 0 Å². The van der Waals surface area contributed by atoms with Crippen LogP contribution in [0.4, 0.5) is 5.69 Å². The molecule has 0 saturated heterocycles. The van der Waals surface area contributed by atoms with Gasteiger partial charge in [0.05, 0.1) is 29.7 Å². The van der Waals surface area contributed by atoms with E-state index in [9.17, 15) is 0 Å². The summed E-state index contributed by atoms with van der Waals surface area (Å²) in [6.07, 6.45) is 1.99. The molecule has 152 valence electrons. The van der Waals surface area contributed by atoms with Crippen molar-refractivity contribution in [1.29, 1.82) is 0 Å². The number of fused-ring (bicyclic) bond motifs is 1. The van der Waals surface area contributed by atoms with Crippen molar-refractivity contribution in [2.75, 3.05) is 25.2 Å². The van der Waals surface area contributed by atoms with Crippen molar-refractivity contribution < 1.29 is 4.74 Å². The molecule has 1 aliphatic heterocycles. The summed E-state index contributed by atoms with van der Waals surface area (Å²) < 4.78 is 5.47. The Kier molecular flexibility index (Phi) is 6.39. The van der Waals surface area contributed by atoms with E-state index in [1.54, 1.807) is 7.11 Å². The van der Waals surface area contributed by atoms with E-state index >= 15 is 0 Å². The minimum Gasteiger partial charge on any atom is -0.383 e. The summed E-state index contributed by atoms with van der Waals surface area (Å²) in [4.78, 5) is 12.6. The normalized spacial score (nSPS) is 17.3. The zero-order valence-corrected chi connectivity index (χ0v) is 18.5. The van der Waals surface area contributed by atoms with Crippen molar-refractivity contribution >= 4 is 5.69 Å². The summed E-state index contributed by atoms with van der Waals surface area (Å²) in [6, 6.07) is 7.11. The van der Waals surface area contributed by atoms with E-state index in [1.165, 1.54) is 22.5 Å². The molecule has 3 rings (SSSR count). The molecular weight excluding hydrogens is 346 g/mol. The van der Waals surface area contributed by atoms with Gasteiger partial charge in [-0.05, 0) is 49.4 Å². The number of aryl methyl sites for hydroxylation is 2. The van der Waals surface area contributed by atoms with Gasteiger partial charge < -0.3 is 9.64 Å². The number of methoxy groups -OCH3 is 1. The summed E-state index contributed by atoms with van der Waals surface area (Å²) in [5.74, 6) is 0.863. The Morgan fingerprint density at radius 3 is 2.57 bits per heavy atom. The standard InChI is InChI=1S/C24H35N3O/c1-8-18(14-28-7)27-13-17(6)24-22(27)12-16(5)23(26-24)19-10-11-21(15(3)4)25-20(19)9-2/h10-12,15,17-18H,8-9,13-14H2,1-7H3/t17?,18-/m0/s1. The van der Waals surface area contributed by atoms with Crippen molar-refractivity contribution in [3.8, 4) is 11.3 Å². The largest absolute Gasteiger partial charge is 0.383 e. The van der Waals surface area contributed by atoms with E-state index in [1.807, 2.05) is 0 Å². The Balaban J connectivity index is 2.06. The van der Waals surface area contributed by atoms with Crippen LogP contribution in [0.3, 0.4) is 0 Å². The molecule has 28 heavy (non-hydrogen) atoms. The highest BCUT2D eigenvalue weighted by Crippen LogP contribution is 2.40. The fourth-order valence-electron chi connectivity index (χ4n) is 4.25. The molecule has 4 heteroatoms. The molecule has 1 unspecified atom stereocenters. The number of hydrogen-bond acceptors (Lipinski definition) is 4. The zero-order chi connectivity index (χ0) is 20.4. The van der Waals surface area contributed by atoms with Gasteiger partial charge in [0.15, 0.2) is 0 Å². The van der Waals surface area contributed by atoms with Gasteiger partial charge in [-0.25, -0.2) is 4.98 Å². The van der Waals surface area contributed by atoms with Gasteiger partial charge in [-0.3, -0.25) is 4.98 Å². The fraction of sp³-hybridized carbons (Fsp3) is 0.583. The molecular formula is C24H35N3O. The molecule has 0 amide bonds. The minimum atomic E-state index is 0.402. The van der Waals surface area contributed by atoms with E-state index < -0.39 is 0 Å². The Labute approximate surface area is 170 Å². The number of rotatable bonds is 7. The molecule has 3 heterocycles. The van der Waals surface area contributed by atoms with Crippen LogP contribution in [-0.4, -0.2) is 36.3 Å². The molecule has 0 radical (unpaired) electrons. The maximum Gasteiger partial charge on any atom is 0.0754 e. The van der Waals surface area contributed by atoms with Crippen LogP contribution in [0.25, 0.3) is 11.3 Å². The molecule has 1 aliphatic rings. The van der Waals surface area contributed by atoms with Crippen LogP contribution >= 0.6 is 0 Å². The number of aromatic nitrogens is 2. The second-order valence-electron chi connectivity index (χ2n) is 8.37. The van der Waals surface area contributed by atoms with Crippen molar-refractivity contribution in [3.05, 3.63) is 40.8 Å². The fourth-order valence-corrected chi connectivity index (χ4v) is 4.25. The molecule has 0 bridgehead atoms. The summed E-state index contributed by atoms with van der Waals surface area (Å²) >= 11 is 0. The predicted octanol–water partition coefficient (Wildman–Crippen LogP) is 5.49. The van der Waals surface area contributed by atoms with Gasteiger partial charge in [-0.15, -0.1) is 0 Å². The Morgan fingerprint density at radius 1 is 1.21 bits per heavy atom. The van der Waals surface area contributed by atoms with Crippen molar-refractivity contribution in [3.63, 3.8) is 0 Å². The number of nitrogens with zero attached hydrogens (tertiary/aromatic N) is 3. The monoisotopic (exact) mass is 381 g/mol. The molecule has 2 aromatic rings. The highest BCUT2D eigenvalue weighted by atomic mass is 16.5. The van der Waals surface area contributed by atoms with Gasteiger partial charge in [0.2, 0.25) is 0 Å². The Hall–Kier alpha value is -1.94. The van der Waals surface area contributed by atoms with Crippen LogP contribution in [0.15, 0.2) is 18.2 Å². The first-order valence-electron chi connectivity index (χ1n) is 10.7. The topological polar surface area (TPSA) is 38.2 Å². The summed E-state index contributed by atoms with van der Waals surface area (Å²) in [6.45, 7) is 15.0. The molecule has 2 atom stereocenters. The maximum atomic E-state index is 5.47. The molecule has 4 nitrogen and oxygen atoms in total. The van der Waals surface area contributed by atoms with Crippen molar-refractivity contribution in [2.24, 2.45) is 0 Å². The lowest BCUT2D eigenvalue weighted by molar-refractivity contribution is 0.175. The summed E-state index contributed by atoms with van der Waals surface area (Å²) in [5, 5.41) is 0.